The van der Waals surface area contributed by atoms with Crippen molar-refractivity contribution in [2.75, 3.05) is 6.54 Å². The van der Waals surface area contributed by atoms with Crippen LogP contribution in [0.1, 0.15) is 6.42 Å². The zero-order valence-electron chi connectivity index (χ0n) is 8.22. The molecule has 0 amide bonds. The molecule has 0 aromatic heterocycles. The number of hydrogen-bond donors (Lipinski definition) is 2. The highest BCUT2D eigenvalue weighted by Gasteiger charge is 2.30. The molecule has 4 heteroatoms. The molecular formula is C11H13NO3. The fourth-order valence-corrected chi connectivity index (χ4v) is 1.67. The summed E-state index contributed by atoms with van der Waals surface area (Å²) in [5.41, 5.74) is 0. The van der Waals surface area contributed by atoms with E-state index in [9.17, 15) is 4.79 Å². The molecule has 15 heavy (non-hydrogen) atoms. The van der Waals surface area contributed by atoms with Crippen molar-refractivity contribution in [3.05, 3.63) is 30.3 Å². The van der Waals surface area contributed by atoms with Crippen LogP contribution in [0, 0.1) is 0 Å². The molecule has 1 heterocycles. The van der Waals surface area contributed by atoms with Crippen LogP contribution in [0.2, 0.25) is 0 Å². The number of hydrogen-bond acceptors (Lipinski definition) is 3. The molecule has 1 aromatic rings. The Morgan fingerprint density at radius 3 is 2.73 bits per heavy atom. The Morgan fingerprint density at radius 2 is 2.13 bits per heavy atom. The lowest BCUT2D eigenvalue weighted by atomic mass is 10.2. The standard InChI is InChI=1S/C11H13NO3/c13-11(14)10-6-9(7-12-10)15-8-4-2-1-3-5-8/h1-5,9-10,12H,6-7H2,(H,13,14)/t9?,10-/m0/s1. The molecule has 0 radical (unpaired) electrons. The average molecular weight is 207 g/mol. The summed E-state index contributed by atoms with van der Waals surface area (Å²) in [6, 6.07) is 8.97. The van der Waals surface area contributed by atoms with Gasteiger partial charge < -0.3 is 15.2 Å². The molecule has 1 aliphatic rings. The van der Waals surface area contributed by atoms with Gasteiger partial charge in [-0.05, 0) is 12.1 Å². The van der Waals surface area contributed by atoms with E-state index in [1.165, 1.54) is 0 Å². The molecule has 1 aliphatic heterocycles. The Morgan fingerprint density at radius 1 is 1.40 bits per heavy atom. The molecule has 2 atom stereocenters. The predicted octanol–water partition coefficient (Wildman–Crippen LogP) is 0.881. The largest absolute Gasteiger partial charge is 0.489 e. The van der Waals surface area contributed by atoms with E-state index < -0.39 is 12.0 Å². The summed E-state index contributed by atoms with van der Waals surface area (Å²) in [7, 11) is 0. The molecule has 1 saturated heterocycles. The molecule has 2 rings (SSSR count). The highest BCUT2D eigenvalue weighted by atomic mass is 16.5. The summed E-state index contributed by atoms with van der Waals surface area (Å²) in [6.07, 6.45) is 0.470. The van der Waals surface area contributed by atoms with Gasteiger partial charge in [-0.15, -0.1) is 0 Å². The smallest absolute Gasteiger partial charge is 0.320 e. The van der Waals surface area contributed by atoms with Gasteiger partial charge in [0.25, 0.3) is 0 Å². The second-order valence-electron chi connectivity index (χ2n) is 3.59. The minimum Gasteiger partial charge on any atom is -0.489 e. The number of carboxylic acid groups (broad SMARTS) is 1. The van der Waals surface area contributed by atoms with Crippen molar-refractivity contribution >= 4 is 5.97 Å². The van der Waals surface area contributed by atoms with Crippen LogP contribution in [0.4, 0.5) is 0 Å². The highest BCUT2D eigenvalue weighted by molar-refractivity contribution is 5.73. The zero-order valence-corrected chi connectivity index (χ0v) is 8.22. The molecule has 1 fully saturated rings. The van der Waals surface area contributed by atoms with Crippen LogP contribution in [0.25, 0.3) is 0 Å². The van der Waals surface area contributed by atoms with Gasteiger partial charge in [0.1, 0.15) is 17.9 Å². The predicted molar refractivity (Wildman–Crippen MR) is 54.9 cm³/mol. The molecule has 0 bridgehead atoms. The lowest BCUT2D eigenvalue weighted by Crippen LogP contribution is -2.30. The van der Waals surface area contributed by atoms with Crippen molar-refractivity contribution in [3.8, 4) is 5.75 Å². The molecule has 1 unspecified atom stereocenters. The van der Waals surface area contributed by atoms with Crippen LogP contribution in [0.15, 0.2) is 30.3 Å². The number of carboxylic acids is 1. The number of nitrogens with one attached hydrogen (secondary N) is 1. The van der Waals surface area contributed by atoms with Crippen LogP contribution >= 0.6 is 0 Å². The third-order valence-electron chi connectivity index (χ3n) is 2.43. The number of aliphatic carboxylic acids is 1. The summed E-state index contributed by atoms with van der Waals surface area (Å²) >= 11 is 0. The van der Waals surface area contributed by atoms with Gasteiger partial charge in [0, 0.05) is 13.0 Å². The summed E-state index contributed by atoms with van der Waals surface area (Å²) in [5.74, 6) is -0.0236. The van der Waals surface area contributed by atoms with E-state index in [0.717, 1.165) is 5.75 Å². The van der Waals surface area contributed by atoms with Gasteiger partial charge in [-0.3, -0.25) is 4.79 Å². The van der Waals surface area contributed by atoms with E-state index in [0.29, 0.717) is 13.0 Å². The number of rotatable bonds is 3. The van der Waals surface area contributed by atoms with Crippen molar-refractivity contribution < 1.29 is 14.6 Å². The first-order chi connectivity index (χ1) is 7.25. The lowest BCUT2D eigenvalue weighted by Gasteiger charge is -2.11. The van der Waals surface area contributed by atoms with E-state index >= 15 is 0 Å². The monoisotopic (exact) mass is 207 g/mol. The van der Waals surface area contributed by atoms with Gasteiger partial charge >= 0.3 is 5.97 Å². The van der Waals surface area contributed by atoms with E-state index in [4.69, 9.17) is 9.84 Å². The average Bonchev–Trinajstić information content (AvgIpc) is 2.68. The van der Waals surface area contributed by atoms with Gasteiger partial charge in [0.2, 0.25) is 0 Å². The molecule has 0 spiro atoms. The van der Waals surface area contributed by atoms with Crippen molar-refractivity contribution in [3.63, 3.8) is 0 Å². The van der Waals surface area contributed by atoms with Crippen LogP contribution < -0.4 is 10.1 Å². The van der Waals surface area contributed by atoms with Gasteiger partial charge in [-0.2, -0.15) is 0 Å². The van der Waals surface area contributed by atoms with Gasteiger partial charge in [0.15, 0.2) is 0 Å². The maximum Gasteiger partial charge on any atom is 0.320 e. The van der Waals surface area contributed by atoms with Crippen LogP contribution in [-0.4, -0.2) is 29.8 Å². The first kappa shape index (κ1) is 9.98. The third kappa shape index (κ3) is 2.47. The van der Waals surface area contributed by atoms with Crippen LogP contribution in [0.3, 0.4) is 0 Å². The zero-order chi connectivity index (χ0) is 10.7. The van der Waals surface area contributed by atoms with E-state index in [1.807, 2.05) is 30.3 Å². The van der Waals surface area contributed by atoms with Crippen molar-refractivity contribution in [2.24, 2.45) is 0 Å². The summed E-state index contributed by atoms with van der Waals surface area (Å²) in [4.78, 5) is 10.7. The molecule has 0 saturated carbocycles. The van der Waals surface area contributed by atoms with Crippen molar-refractivity contribution in [1.29, 1.82) is 0 Å². The van der Waals surface area contributed by atoms with Gasteiger partial charge in [-0.25, -0.2) is 0 Å². The molecule has 80 valence electrons. The quantitative estimate of drug-likeness (QED) is 0.772. The Bertz CT molecular complexity index is 339. The van der Waals surface area contributed by atoms with E-state index in [2.05, 4.69) is 5.32 Å². The molecule has 1 aromatic carbocycles. The first-order valence-corrected chi connectivity index (χ1v) is 4.93. The van der Waals surface area contributed by atoms with E-state index in [1.54, 1.807) is 0 Å². The fraction of sp³-hybridized carbons (Fsp3) is 0.364. The lowest BCUT2D eigenvalue weighted by molar-refractivity contribution is -0.139. The van der Waals surface area contributed by atoms with Crippen LogP contribution in [0.5, 0.6) is 5.75 Å². The maximum atomic E-state index is 10.7. The van der Waals surface area contributed by atoms with Crippen LogP contribution in [-0.2, 0) is 4.79 Å². The summed E-state index contributed by atoms with van der Waals surface area (Å²) in [5, 5.41) is 11.7. The number of benzene rings is 1. The Kier molecular flexibility index (Phi) is 2.87. The fourth-order valence-electron chi connectivity index (χ4n) is 1.67. The number of ether oxygens (including phenoxy) is 1. The Hall–Kier alpha value is -1.55. The van der Waals surface area contributed by atoms with E-state index in [-0.39, 0.29) is 6.10 Å². The highest BCUT2D eigenvalue weighted by Crippen LogP contribution is 2.16. The molecular weight excluding hydrogens is 194 g/mol. The number of carbonyl (C=O) groups is 1. The topological polar surface area (TPSA) is 58.6 Å². The molecule has 2 N–H and O–H groups in total. The molecule has 0 aliphatic carbocycles. The SMILES string of the molecule is O=C(O)[C@@H]1CC(Oc2ccccc2)CN1. The Labute approximate surface area is 87.9 Å². The minimum absolute atomic E-state index is 0.0477. The second kappa shape index (κ2) is 4.31. The third-order valence-corrected chi connectivity index (χ3v) is 2.43. The van der Waals surface area contributed by atoms with Gasteiger partial charge in [0.05, 0.1) is 0 Å². The summed E-state index contributed by atoms with van der Waals surface area (Å²) < 4.78 is 5.63. The first-order valence-electron chi connectivity index (χ1n) is 4.93. The maximum absolute atomic E-state index is 10.7. The summed E-state index contributed by atoms with van der Waals surface area (Å²) in [6.45, 7) is 0.589. The van der Waals surface area contributed by atoms with Crippen molar-refractivity contribution in [2.45, 2.75) is 18.6 Å². The molecule has 4 nitrogen and oxygen atoms in total. The normalized spacial score (nSPS) is 25.1. The Balaban J connectivity index is 1.90. The number of para-hydroxylation sites is 1. The van der Waals surface area contributed by atoms with Gasteiger partial charge in [-0.1, -0.05) is 18.2 Å². The van der Waals surface area contributed by atoms with Crippen molar-refractivity contribution in [1.82, 2.24) is 5.32 Å². The second-order valence-corrected chi connectivity index (χ2v) is 3.59. The minimum atomic E-state index is -0.811.